The maximum atomic E-state index is 4.49. The molecule has 3 heterocycles. The highest BCUT2D eigenvalue weighted by molar-refractivity contribution is 7.09. The molecule has 3 rings (SSSR count). The lowest BCUT2D eigenvalue weighted by Gasteiger charge is -2.32. The fourth-order valence-electron chi connectivity index (χ4n) is 3.00. The quantitative estimate of drug-likeness (QED) is 0.866. The van der Waals surface area contributed by atoms with Gasteiger partial charge in [0.15, 0.2) is 0 Å². The number of rotatable bonds is 4. The van der Waals surface area contributed by atoms with E-state index in [1.807, 2.05) is 12.4 Å². The van der Waals surface area contributed by atoms with Gasteiger partial charge in [-0.3, -0.25) is 9.58 Å². The van der Waals surface area contributed by atoms with Gasteiger partial charge in [-0.2, -0.15) is 5.10 Å². The number of aromatic nitrogens is 3. The molecular weight excluding hydrogens is 268 g/mol. The van der Waals surface area contributed by atoms with E-state index in [0.29, 0.717) is 12.0 Å². The van der Waals surface area contributed by atoms with Crippen LogP contribution >= 0.6 is 11.3 Å². The van der Waals surface area contributed by atoms with Crippen molar-refractivity contribution in [2.24, 2.45) is 0 Å². The van der Waals surface area contributed by atoms with Crippen molar-refractivity contribution in [1.82, 2.24) is 19.7 Å². The van der Waals surface area contributed by atoms with Gasteiger partial charge in [-0.15, -0.1) is 11.3 Å². The molecule has 0 saturated carbocycles. The predicted octanol–water partition coefficient (Wildman–Crippen LogP) is 3.30. The van der Waals surface area contributed by atoms with E-state index in [9.17, 15) is 0 Å². The Labute approximate surface area is 124 Å². The van der Waals surface area contributed by atoms with E-state index in [2.05, 4.69) is 45.0 Å². The number of hydrogen-bond donors (Lipinski definition) is 0. The van der Waals surface area contributed by atoms with Crippen LogP contribution in [0.1, 0.15) is 49.4 Å². The lowest BCUT2D eigenvalue weighted by molar-refractivity contribution is 0.193. The molecule has 4 nitrogen and oxygen atoms in total. The molecular formula is C15H22N4S. The first kappa shape index (κ1) is 13.8. The highest BCUT2D eigenvalue weighted by Crippen LogP contribution is 2.29. The molecule has 0 aliphatic carbocycles. The van der Waals surface area contributed by atoms with Gasteiger partial charge in [0.2, 0.25) is 0 Å². The molecule has 1 unspecified atom stereocenters. The monoisotopic (exact) mass is 290 g/mol. The van der Waals surface area contributed by atoms with Gasteiger partial charge in [0, 0.05) is 42.8 Å². The first-order chi connectivity index (χ1) is 9.74. The Bertz CT molecular complexity index is 532. The second-order valence-corrected chi connectivity index (χ2v) is 6.73. The average Bonchev–Trinajstić information content (AvgIpc) is 3.10. The van der Waals surface area contributed by atoms with Crippen LogP contribution in [-0.2, 0) is 6.54 Å². The van der Waals surface area contributed by atoms with Gasteiger partial charge in [0.1, 0.15) is 0 Å². The zero-order valence-electron chi connectivity index (χ0n) is 12.2. The van der Waals surface area contributed by atoms with Gasteiger partial charge >= 0.3 is 0 Å². The third kappa shape index (κ3) is 2.94. The number of nitrogens with zero attached hydrogens (tertiary/aromatic N) is 4. The van der Waals surface area contributed by atoms with E-state index in [0.717, 1.165) is 13.1 Å². The van der Waals surface area contributed by atoms with E-state index in [1.165, 1.54) is 30.1 Å². The molecule has 0 amide bonds. The van der Waals surface area contributed by atoms with Crippen LogP contribution in [-0.4, -0.2) is 32.8 Å². The van der Waals surface area contributed by atoms with Crippen molar-refractivity contribution in [2.75, 3.05) is 13.1 Å². The third-order valence-electron chi connectivity index (χ3n) is 3.93. The minimum Gasteiger partial charge on any atom is -0.297 e. The molecule has 1 aliphatic heterocycles. The van der Waals surface area contributed by atoms with Crippen LogP contribution in [0.4, 0.5) is 0 Å². The predicted molar refractivity (Wildman–Crippen MR) is 82.0 cm³/mol. The molecule has 2 aromatic heterocycles. The summed E-state index contributed by atoms with van der Waals surface area (Å²) in [6.07, 6.45) is 6.37. The summed E-state index contributed by atoms with van der Waals surface area (Å²) in [6.45, 7) is 7.68. The normalized spacial score (nSPS) is 20.6. The smallest absolute Gasteiger partial charge is 0.0968 e. The van der Waals surface area contributed by atoms with Crippen LogP contribution in [0, 0.1) is 0 Å². The largest absolute Gasteiger partial charge is 0.297 e. The van der Waals surface area contributed by atoms with Crippen LogP contribution in [0.25, 0.3) is 0 Å². The zero-order chi connectivity index (χ0) is 13.9. The number of hydrogen-bond acceptors (Lipinski definition) is 4. The molecule has 2 aromatic rings. The molecule has 0 bridgehead atoms. The number of likely N-dealkylation sites (tertiary alicyclic amines) is 1. The van der Waals surface area contributed by atoms with Gasteiger partial charge in [0.25, 0.3) is 0 Å². The minimum absolute atomic E-state index is 0.430. The third-order valence-corrected chi connectivity index (χ3v) is 4.87. The highest BCUT2D eigenvalue weighted by Gasteiger charge is 2.23. The molecule has 5 heteroatoms. The molecule has 1 aliphatic rings. The Hall–Kier alpha value is -1.20. The standard InChI is InChI=1S/C15H22N4S/c1-12(2)19-14(5-6-17-19)11-18-8-3-4-13(10-18)15-16-7-9-20-15/h5-7,9,12-13H,3-4,8,10-11H2,1-2H3. The van der Waals surface area contributed by atoms with E-state index in [4.69, 9.17) is 0 Å². The van der Waals surface area contributed by atoms with Crippen LogP contribution in [0.5, 0.6) is 0 Å². The van der Waals surface area contributed by atoms with Crippen molar-refractivity contribution in [3.8, 4) is 0 Å². The van der Waals surface area contributed by atoms with E-state index < -0.39 is 0 Å². The molecule has 0 radical (unpaired) electrons. The average molecular weight is 290 g/mol. The lowest BCUT2D eigenvalue weighted by Crippen LogP contribution is -2.34. The summed E-state index contributed by atoms with van der Waals surface area (Å²) in [4.78, 5) is 7.04. The summed E-state index contributed by atoms with van der Waals surface area (Å²) < 4.78 is 2.13. The lowest BCUT2D eigenvalue weighted by atomic mass is 9.98. The Morgan fingerprint density at radius 3 is 3.05 bits per heavy atom. The zero-order valence-corrected chi connectivity index (χ0v) is 13.0. The summed E-state index contributed by atoms with van der Waals surface area (Å²) in [7, 11) is 0. The molecule has 1 saturated heterocycles. The highest BCUT2D eigenvalue weighted by atomic mass is 32.1. The molecule has 108 valence electrons. The maximum absolute atomic E-state index is 4.49. The van der Waals surface area contributed by atoms with E-state index in [-0.39, 0.29) is 0 Å². The minimum atomic E-state index is 0.430. The van der Waals surface area contributed by atoms with Gasteiger partial charge in [-0.1, -0.05) is 0 Å². The molecule has 20 heavy (non-hydrogen) atoms. The molecule has 1 fully saturated rings. The fraction of sp³-hybridized carbons (Fsp3) is 0.600. The SMILES string of the molecule is CC(C)n1nccc1CN1CCCC(c2nccs2)C1. The number of thiazole rings is 1. The molecule has 1 atom stereocenters. The van der Waals surface area contributed by atoms with Crippen LogP contribution in [0.15, 0.2) is 23.8 Å². The summed E-state index contributed by atoms with van der Waals surface area (Å²) in [5.74, 6) is 0.610. The fourth-order valence-corrected chi connectivity index (χ4v) is 3.77. The van der Waals surface area contributed by atoms with Gasteiger partial charge in [0.05, 0.1) is 10.7 Å². The van der Waals surface area contributed by atoms with Gasteiger partial charge in [-0.05, 0) is 39.3 Å². The Kier molecular flexibility index (Phi) is 4.17. The van der Waals surface area contributed by atoms with Crippen molar-refractivity contribution < 1.29 is 0 Å². The number of piperidine rings is 1. The topological polar surface area (TPSA) is 34.0 Å². The summed E-state index contributed by atoms with van der Waals surface area (Å²) in [5.41, 5.74) is 1.32. The maximum Gasteiger partial charge on any atom is 0.0968 e. The van der Waals surface area contributed by atoms with Gasteiger partial charge in [-0.25, -0.2) is 4.98 Å². The van der Waals surface area contributed by atoms with Gasteiger partial charge < -0.3 is 0 Å². The van der Waals surface area contributed by atoms with Crippen molar-refractivity contribution in [3.63, 3.8) is 0 Å². The van der Waals surface area contributed by atoms with Crippen LogP contribution in [0.2, 0.25) is 0 Å². The van der Waals surface area contributed by atoms with E-state index >= 15 is 0 Å². The Balaban J connectivity index is 1.67. The molecule has 0 aromatic carbocycles. The first-order valence-corrected chi connectivity index (χ1v) is 8.26. The van der Waals surface area contributed by atoms with Crippen LogP contribution < -0.4 is 0 Å². The van der Waals surface area contributed by atoms with Crippen molar-refractivity contribution in [2.45, 2.75) is 45.2 Å². The Morgan fingerprint density at radius 1 is 1.40 bits per heavy atom. The van der Waals surface area contributed by atoms with Crippen LogP contribution in [0.3, 0.4) is 0 Å². The first-order valence-electron chi connectivity index (χ1n) is 7.38. The van der Waals surface area contributed by atoms with Crippen molar-refractivity contribution in [1.29, 1.82) is 0 Å². The summed E-state index contributed by atoms with van der Waals surface area (Å²) in [6, 6.07) is 2.58. The molecule has 0 spiro atoms. The summed E-state index contributed by atoms with van der Waals surface area (Å²) in [5, 5.41) is 7.81. The van der Waals surface area contributed by atoms with Crippen molar-refractivity contribution >= 4 is 11.3 Å². The second-order valence-electron chi connectivity index (χ2n) is 5.81. The Morgan fingerprint density at radius 2 is 2.30 bits per heavy atom. The van der Waals surface area contributed by atoms with E-state index in [1.54, 1.807) is 11.3 Å². The molecule has 0 N–H and O–H groups in total. The summed E-state index contributed by atoms with van der Waals surface area (Å²) >= 11 is 1.79. The second kappa shape index (κ2) is 6.06. The van der Waals surface area contributed by atoms with Crippen molar-refractivity contribution in [3.05, 3.63) is 34.5 Å².